The average molecular weight is 568 g/mol. The van der Waals surface area contributed by atoms with Crippen LogP contribution in [0.25, 0.3) is 10.4 Å². The van der Waals surface area contributed by atoms with Crippen molar-refractivity contribution in [1.29, 1.82) is 0 Å². The fraction of sp³-hybridized carbons (Fsp3) is 0.435. The van der Waals surface area contributed by atoms with Gasteiger partial charge in [-0.2, -0.15) is 0 Å². The lowest BCUT2D eigenvalue weighted by molar-refractivity contribution is -0.0207. The molecule has 0 aliphatic heterocycles. The van der Waals surface area contributed by atoms with E-state index in [9.17, 15) is 9.67 Å². The first-order valence-electron chi connectivity index (χ1n) is 11.4. The molecule has 0 saturated heterocycles. The number of hydrogen-bond donors (Lipinski definition) is 2. The molecule has 0 radical (unpaired) electrons. The molecule has 0 aromatic heterocycles. The van der Waals surface area contributed by atoms with Crippen LogP contribution in [0.2, 0.25) is 0 Å². The van der Waals surface area contributed by atoms with Gasteiger partial charge in [-0.1, -0.05) is 30.5 Å². The minimum absolute atomic E-state index is 0.318. The van der Waals surface area contributed by atoms with E-state index in [1.807, 2.05) is 32.9 Å². The van der Waals surface area contributed by atoms with Crippen molar-refractivity contribution in [3.63, 3.8) is 0 Å². The van der Waals surface area contributed by atoms with Gasteiger partial charge in [0.25, 0.3) is 5.34 Å². The van der Waals surface area contributed by atoms with Crippen LogP contribution in [-0.4, -0.2) is 39.1 Å². The number of hydrazone groups is 1. The first-order chi connectivity index (χ1) is 17.4. The summed E-state index contributed by atoms with van der Waals surface area (Å²) in [4.78, 5) is 11.6. The molecule has 2 N–H and O–H groups in total. The van der Waals surface area contributed by atoms with Gasteiger partial charge in [0.1, 0.15) is 11.5 Å². The zero-order chi connectivity index (χ0) is 27.6. The highest BCUT2D eigenvalue weighted by molar-refractivity contribution is 8.04. The lowest BCUT2D eigenvalue weighted by Crippen LogP contribution is -2.30. The summed E-state index contributed by atoms with van der Waals surface area (Å²) in [7, 11) is -1.13. The summed E-state index contributed by atoms with van der Waals surface area (Å²) in [5.74, 6) is 1.11. The number of benzene rings is 2. The van der Waals surface area contributed by atoms with Gasteiger partial charge in [0.05, 0.1) is 13.3 Å². The zero-order valence-corrected chi connectivity index (χ0v) is 23.9. The molecule has 0 saturated carbocycles. The van der Waals surface area contributed by atoms with Crippen LogP contribution in [0.5, 0.6) is 11.5 Å². The van der Waals surface area contributed by atoms with Crippen molar-refractivity contribution in [3.8, 4) is 11.5 Å². The Morgan fingerprint density at radius 2 is 1.68 bits per heavy atom. The molecular weight excluding hydrogens is 536 g/mol. The Morgan fingerprint density at radius 3 is 2.19 bits per heavy atom. The first-order valence-corrected chi connectivity index (χ1v) is 14.8. The molecule has 2 rings (SSSR count). The average Bonchev–Trinajstić information content (AvgIpc) is 2.87. The predicted molar refractivity (Wildman–Crippen MR) is 146 cm³/mol. The summed E-state index contributed by atoms with van der Waals surface area (Å²) in [6, 6.07) is 13.6. The van der Waals surface area contributed by atoms with Crippen molar-refractivity contribution in [2.45, 2.75) is 57.9 Å². The second-order valence-corrected chi connectivity index (χ2v) is 12.1. The third kappa shape index (κ3) is 8.98. The summed E-state index contributed by atoms with van der Waals surface area (Å²) < 4.78 is 29.0. The van der Waals surface area contributed by atoms with Gasteiger partial charge in [-0.15, -0.1) is 14.8 Å². The molecule has 0 amide bonds. The first kappa shape index (κ1) is 30.5. The summed E-state index contributed by atoms with van der Waals surface area (Å²) in [6.45, 7) is 6.21. The Morgan fingerprint density at radius 1 is 1.11 bits per heavy atom. The molecule has 0 aliphatic rings. The second kappa shape index (κ2) is 13.7. The van der Waals surface area contributed by atoms with Crippen LogP contribution < -0.4 is 9.47 Å². The normalized spacial score (nSPS) is 16.1. The fourth-order valence-electron chi connectivity index (χ4n) is 2.98. The standard InChI is InChI=1S/C23H30N5O6P2S/c1-6-22(3,26-27-24)32-19-12-8-17(9-13-19)16-25-28(5)35(37)23(4,7-2)33-20-14-10-18(11-15-20)21(29)34-36(30)31/h8-16,21,29H,6-7H2,1-5H3/q+1/p+1/b25-16+. The topological polar surface area (TPSA) is 150 Å². The van der Waals surface area contributed by atoms with Crippen molar-refractivity contribution in [2.24, 2.45) is 10.2 Å². The van der Waals surface area contributed by atoms with Gasteiger partial charge >= 0.3 is 15.1 Å². The molecule has 0 bridgehead atoms. The van der Waals surface area contributed by atoms with E-state index < -0.39 is 32.5 Å². The highest BCUT2D eigenvalue weighted by Gasteiger charge is 2.45. The van der Waals surface area contributed by atoms with Gasteiger partial charge in [-0.05, 0) is 66.0 Å². The number of azide groups is 1. The predicted octanol–water partition coefficient (Wildman–Crippen LogP) is 6.49. The molecule has 11 nitrogen and oxygen atoms in total. The maximum atomic E-state index is 10.8. The molecule has 0 fully saturated rings. The van der Waals surface area contributed by atoms with E-state index >= 15 is 0 Å². The quantitative estimate of drug-likeness (QED) is 0.0500. The molecule has 0 heterocycles. The van der Waals surface area contributed by atoms with Gasteiger partial charge < -0.3 is 14.6 Å². The summed E-state index contributed by atoms with van der Waals surface area (Å²) in [5.41, 5.74) is 8.94. The second-order valence-electron chi connectivity index (χ2n) is 8.29. The molecule has 14 heteroatoms. The Kier molecular flexibility index (Phi) is 11.3. The maximum absolute atomic E-state index is 10.8. The lowest BCUT2D eigenvalue weighted by Gasteiger charge is -2.24. The van der Waals surface area contributed by atoms with Crippen molar-refractivity contribution in [1.82, 2.24) is 4.78 Å². The summed E-state index contributed by atoms with van der Waals surface area (Å²) in [6.07, 6.45) is 1.32. The fourth-order valence-corrected chi connectivity index (χ4v) is 5.11. The Hall–Kier alpha value is -2.68. The molecule has 37 heavy (non-hydrogen) atoms. The molecular formula is C23H31N5O6P2S+2. The minimum atomic E-state index is -2.93. The molecule has 198 valence electrons. The van der Waals surface area contributed by atoms with E-state index in [0.29, 0.717) is 29.9 Å². The van der Waals surface area contributed by atoms with Crippen LogP contribution >= 0.6 is 15.1 Å². The third-order valence-corrected chi connectivity index (χ3v) is 9.61. The number of hydrogen-bond acceptors (Lipinski definition) is 8. The van der Waals surface area contributed by atoms with Crippen molar-refractivity contribution < 1.29 is 28.6 Å². The van der Waals surface area contributed by atoms with Gasteiger partial charge in [0.15, 0.2) is 17.5 Å². The largest absolute Gasteiger partial charge is 0.697 e. The van der Waals surface area contributed by atoms with E-state index in [4.69, 9.17) is 31.7 Å². The number of aliphatic hydroxyl groups excluding tert-OH is 1. The van der Waals surface area contributed by atoms with E-state index in [0.717, 1.165) is 5.56 Å². The smallest absolute Gasteiger partial charge is 0.481 e. The van der Waals surface area contributed by atoms with Crippen LogP contribution in [0.15, 0.2) is 58.7 Å². The molecule has 5 unspecified atom stereocenters. The van der Waals surface area contributed by atoms with Gasteiger partial charge in [0.2, 0.25) is 6.29 Å². The minimum Gasteiger partial charge on any atom is -0.481 e. The lowest BCUT2D eigenvalue weighted by atomic mass is 10.2. The number of aliphatic hydroxyl groups is 1. The van der Waals surface area contributed by atoms with Gasteiger partial charge in [-0.3, -0.25) is 0 Å². The van der Waals surface area contributed by atoms with Crippen LogP contribution in [-0.2, 0) is 20.9 Å². The molecule has 2 aromatic carbocycles. The van der Waals surface area contributed by atoms with Crippen molar-refractivity contribution in [2.75, 3.05) is 7.05 Å². The van der Waals surface area contributed by atoms with E-state index in [1.54, 1.807) is 61.4 Å². The van der Waals surface area contributed by atoms with Crippen molar-refractivity contribution >= 4 is 33.1 Å². The van der Waals surface area contributed by atoms with E-state index in [-0.39, 0.29) is 0 Å². The van der Waals surface area contributed by atoms with E-state index in [2.05, 4.69) is 19.7 Å². The highest BCUT2D eigenvalue weighted by atomic mass is 32.4. The molecule has 2 aromatic rings. The molecule has 5 atom stereocenters. The Balaban J connectivity index is 2.06. The van der Waals surface area contributed by atoms with Crippen LogP contribution in [0.4, 0.5) is 0 Å². The van der Waals surface area contributed by atoms with E-state index in [1.165, 1.54) is 0 Å². The number of ether oxygens (including phenoxy) is 2. The van der Waals surface area contributed by atoms with Crippen LogP contribution in [0.1, 0.15) is 58.0 Å². The molecule has 0 aliphatic carbocycles. The van der Waals surface area contributed by atoms with Gasteiger partial charge in [0, 0.05) is 28.4 Å². The number of nitrogens with zero attached hydrogens (tertiary/aromatic N) is 5. The Labute approximate surface area is 223 Å². The molecule has 0 spiro atoms. The summed E-state index contributed by atoms with van der Waals surface area (Å²) in [5, 5.41) is 17.3. The Bertz CT molecular complexity index is 1160. The van der Waals surface area contributed by atoms with Crippen molar-refractivity contribution in [3.05, 3.63) is 70.1 Å². The van der Waals surface area contributed by atoms with Crippen LogP contribution in [0, 0.1) is 0 Å². The van der Waals surface area contributed by atoms with Gasteiger partial charge in [-0.25, -0.2) is 0 Å². The maximum Gasteiger partial charge on any atom is 0.697 e. The monoisotopic (exact) mass is 567 g/mol. The third-order valence-electron chi connectivity index (χ3n) is 5.52. The summed E-state index contributed by atoms with van der Waals surface area (Å²) >= 11 is 5.81. The SMILES string of the molecule is CCC(C)(N=[N+]=[N-])Oc1ccc(/C=N/N(C)[P+](=S)C(C)(CC)Oc2ccc(C(O)O[P+](=O)O)cc2)cc1. The highest BCUT2D eigenvalue weighted by Crippen LogP contribution is 2.45. The zero-order valence-electron chi connectivity index (χ0n) is 21.3. The number of rotatable bonds is 14. The van der Waals surface area contributed by atoms with Crippen LogP contribution in [0.3, 0.4) is 0 Å².